The average molecular weight is 499 g/mol. The lowest BCUT2D eigenvalue weighted by Crippen LogP contribution is -2.46. The number of aryl methyl sites for hydroxylation is 1. The molecule has 1 aliphatic carbocycles. The minimum absolute atomic E-state index is 0.0526. The van der Waals surface area contributed by atoms with Crippen LogP contribution in [0.4, 0.5) is 0 Å². The Bertz CT molecular complexity index is 1410. The summed E-state index contributed by atoms with van der Waals surface area (Å²) in [4.78, 5) is 4.15. The van der Waals surface area contributed by atoms with Crippen molar-refractivity contribution in [1.82, 2.24) is 29.8 Å². The van der Waals surface area contributed by atoms with Gasteiger partial charge in [0, 0.05) is 30.4 Å². The zero-order valence-electron chi connectivity index (χ0n) is 21.1. The number of tetrazole rings is 1. The van der Waals surface area contributed by atoms with Gasteiger partial charge in [0.2, 0.25) is 0 Å². The van der Waals surface area contributed by atoms with E-state index < -0.39 is 12.1 Å². The third-order valence-electron chi connectivity index (χ3n) is 6.86. The molecule has 2 aromatic heterocycles. The minimum atomic E-state index is -0.739. The van der Waals surface area contributed by atoms with Crippen LogP contribution in [0.25, 0.3) is 11.1 Å². The Morgan fingerprint density at radius 2 is 1.78 bits per heavy atom. The van der Waals surface area contributed by atoms with Crippen molar-refractivity contribution in [3.8, 4) is 28.7 Å². The predicted molar refractivity (Wildman–Crippen MR) is 138 cm³/mol. The molecule has 4 aromatic rings. The fourth-order valence-corrected chi connectivity index (χ4v) is 4.90. The van der Waals surface area contributed by atoms with Crippen LogP contribution >= 0.6 is 0 Å². The Morgan fingerprint density at radius 3 is 2.38 bits per heavy atom. The van der Waals surface area contributed by atoms with Gasteiger partial charge >= 0.3 is 0 Å². The molecule has 37 heavy (non-hydrogen) atoms. The number of aliphatic hydroxyl groups is 2. The first kappa shape index (κ1) is 24.7. The monoisotopic (exact) mass is 498 g/mol. The second-order valence-electron chi connectivity index (χ2n) is 9.77. The number of aliphatic hydroxyl groups excluding tert-OH is 2. The van der Waals surface area contributed by atoms with E-state index in [1.54, 1.807) is 28.6 Å². The van der Waals surface area contributed by atoms with Gasteiger partial charge in [-0.1, -0.05) is 43.0 Å². The summed E-state index contributed by atoms with van der Waals surface area (Å²) in [6.45, 7) is 3.64. The number of imidazole rings is 1. The molecule has 1 saturated carbocycles. The van der Waals surface area contributed by atoms with Crippen molar-refractivity contribution in [2.45, 2.75) is 50.4 Å². The molecule has 9 nitrogen and oxygen atoms in total. The van der Waals surface area contributed by atoms with Crippen molar-refractivity contribution in [3.05, 3.63) is 78.1 Å². The van der Waals surface area contributed by atoms with E-state index in [2.05, 4.69) is 51.4 Å². The summed E-state index contributed by atoms with van der Waals surface area (Å²) in [5.41, 5.74) is 2.95. The van der Waals surface area contributed by atoms with E-state index in [1.807, 2.05) is 43.4 Å². The molecular formula is C28H30N6O3. The lowest BCUT2D eigenvalue weighted by molar-refractivity contribution is 0.0414. The second kappa shape index (κ2) is 10.2. The van der Waals surface area contributed by atoms with Gasteiger partial charge < -0.3 is 19.5 Å². The van der Waals surface area contributed by atoms with Gasteiger partial charge in [-0.05, 0) is 65.6 Å². The second-order valence-corrected chi connectivity index (χ2v) is 9.77. The van der Waals surface area contributed by atoms with E-state index in [0.717, 1.165) is 41.1 Å². The maximum atomic E-state index is 9.87. The minimum Gasteiger partial charge on any atom is -0.490 e. The first-order valence-electron chi connectivity index (χ1n) is 12.3. The highest BCUT2D eigenvalue weighted by Crippen LogP contribution is 2.44. The summed E-state index contributed by atoms with van der Waals surface area (Å²) in [5.74, 6) is 8.42. The molecule has 2 aromatic carbocycles. The summed E-state index contributed by atoms with van der Waals surface area (Å²) in [7, 11) is 1.87. The largest absolute Gasteiger partial charge is 0.490 e. The number of hydrogen-bond donors (Lipinski definition) is 2. The number of nitrogens with zero attached hydrogens (tertiary/aromatic N) is 6. The Kier molecular flexibility index (Phi) is 6.78. The van der Waals surface area contributed by atoms with Gasteiger partial charge in [0.05, 0.1) is 6.61 Å². The molecule has 5 rings (SSSR count). The molecule has 0 aliphatic heterocycles. The van der Waals surface area contributed by atoms with Crippen LogP contribution in [0.3, 0.4) is 0 Å². The normalized spacial score (nSPS) is 20.4. The van der Waals surface area contributed by atoms with Gasteiger partial charge in [-0.25, -0.2) is 9.67 Å². The lowest BCUT2D eigenvalue weighted by Gasteiger charge is -2.43. The summed E-state index contributed by atoms with van der Waals surface area (Å²) in [5, 5.41) is 31.5. The fourth-order valence-electron chi connectivity index (χ4n) is 4.90. The van der Waals surface area contributed by atoms with E-state index in [4.69, 9.17) is 4.74 Å². The predicted octanol–water partition coefficient (Wildman–Crippen LogP) is 3.21. The lowest BCUT2D eigenvalue weighted by atomic mass is 9.67. The molecule has 1 aliphatic rings. The first-order valence-corrected chi connectivity index (χ1v) is 12.3. The highest BCUT2D eigenvalue weighted by molar-refractivity contribution is 5.65. The maximum Gasteiger partial charge on any atom is 0.157 e. The molecule has 9 heteroatoms. The van der Waals surface area contributed by atoms with Crippen molar-refractivity contribution in [1.29, 1.82) is 0 Å². The molecule has 1 fully saturated rings. The van der Waals surface area contributed by atoms with Crippen LogP contribution < -0.4 is 4.74 Å². The molecule has 0 amide bonds. The Hall–Kier alpha value is -4.00. The van der Waals surface area contributed by atoms with Gasteiger partial charge in [0.25, 0.3) is 0 Å². The van der Waals surface area contributed by atoms with Crippen molar-refractivity contribution in [3.63, 3.8) is 0 Å². The van der Waals surface area contributed by atoms with Crippen LogP contribution in [-0.2, 0) is 12.5 Å². The molecule has 190 valence electrons. The quantitative estimate of drug-likeness (QED) is 0.377. The van der Waals surface area contributed by atoms with Crippen LogP contribution in [0, 0.1) is 11.8 Å². The fraction of sp³-hybridized carbons (Fsp3) is 0.357. The SMILES string of the molecule is C[C@H](O)c1nccn1[C@@H](C#Cc1ccc(-c2ccc(OC3CC(C)(c4nnnn4C)C3)cc2)cc1)CO. The topological polar surface area (TPSA) is 111 Å². The molecule has 0 radical (unpaired) electrons. The standard InChI is InChI=1S/C28H30N6O3/c1-19(36)26-29-14-15-34(26)23(18-35)11-6-20-4-7-21(8-5-20)22-9-12-24(13-10-22)37-25-16-28(2,17-25)27-30-31-32-33(27)3/h4-5,7-10,12-15,19,23,25,35-36H,16-18H2,1-3H3/t19-,23-,25?,28?/m0/s1. The highest BCUT2D eigenvalue weighted by Gasteiger charge is 2.46. The molecule has 0 spiro atoms. The Labute approximate surface area is 215 Å². The average Bonchev–Trinajstić information content (AvgIpc) is 3.54. The number of ether oxygens (including phenoxy) is 1. The third kappa shape index (κ3) is 5.12. The maximum absolute atomic E-state index is 9.87. The summed E-state index contributed by atoms with van der Waals surface area (Å²) >= 11 is 0. The van der Waals surface area contributed by atoms with E-state index >= 15 is 0 Å². The van der Waals surface area contributed by atoms with Crippen molar-refractivity contribution >= 4 is 0 Å². The number of benzene rings is 2. The number of rotatable bonds is 7. The van der Waals surface area contributed by atoms with Crippen LogP contribution in [-0.4, -0.2) is 52.7 Å². The summed E-state index contributed by atoms with van der Waals surface area (Å²) in [6.07, 6.45) is 4.48. The number of aromatic nitrogens is 6. The van der Waals surface area contributed by atoms with E-state index in [9.17, 15) is 10.2 Å². The number of hydrogen-bond acceptors (Lipinski definition) is 7. The summed E-state index contributed by atoms with van der Waals surface area (Å²) < 4.78 is 9.61. The Balaban J connectivity index is 1.20. The van der Waals surface area contributed by atoms with Crippen LogP contribution in [0.1, 0.15) is 56.0 Å². The molecular weight excluding hydrogens is 468 g/mol. The van der Waals surface area contributed by atoms with Gasteiger partial charge in [-0.3, -0.25) is 0 Å². The first-order chi connectivity index (χ1) is 17.9. The smallest absolute Gasteiger partial charge is 0.157 e. The van der Waals surface area contributed by atoms with E-state index in [-0.39, 0.29) is 18.1 Å². The summed E-state index contributed by atoms with van der Waals surface area (Å²) in [6, 6.07) is 15.6. The van der Waals surface area contributed by atoms with Crippen molar-refractivity contribution < 1.29 is 14.9 Å². The van der Waals surface area contributed by atoms with Crippen LogP contribution in [0.2, 0.25) is 0 Å². The molecule has 2 N–H and O–H groups in total. The van der Waals surface area contributed by atoms with Crippen molar-refractivity contribution in [2.75, 3.05) is 6.61 Å². The molecule has 0 unspecified atom stereocenters. The zero-order chi connectivity index (χ0) is 26.0. The van der Waals surface area contributed by atoms with Crippen LogP contribution in [0.5, 0.6) is 5.75 Å². The van der Waals surface area contributed by atoms with E-state index in [1.165, 1.54) is 0 Å². The van der Waals surface area contributed by atoms with Gasteiger partial charge in [0.1, 0.15) is 29.8 Å². The molecule has 0 saturated heterocycles. The molecule has 0 bridgehead atoms. The Morgan fingerprint density at radius 1 is 1.11 bits per heavy atom. The van der Waals surface area contributed by atoms with Gasteiger partial charge in [0.15, 0.2) is 5.82 Å². The van der Waals surface area contributed by atoms with Crippen molar-refractivity contribution in [2.24, 2.45) is 7.05 Å². The molecule has 2 heterocycles. The van der Waals surface area contributed by atoms with Gasteiger partial charge in [-0.2, -0.15) is 0 Å². The third-order valence-corrected chi connectivity index (χ3v) is 6.86. The van der Waals surface area contributed by atoms with E-state index in [0.29, 0.717) is 5.82 Å². The van der Waals surface area contributed by atoms with Crippen LogP contribution in [0.15, 0.2) is 60.9 Å². The van der Waals surface area contributed by atoms with Gasteiger partial charge in [-0.15, -0.1) is 5.10 Å². The zero-order valence-corrected chi connectivity index (χ0v) is 21.1. The molecule has 2 atom stereocenters. The highest BCUT2D eigenvalue weighted by atomic mass is 16.5.